The van der Waals surface area contributed by atoms with Gasteiger partial charge in [-0.3, -0.25) is 4.90 Å². The first-order valence-electron chi connectivity index (χ1n) is 7.15. The molecule has 16 heavy (non-hydrogen) atoms. The van der Waals surface area contributed by atoms with Gasteiger partial charge in [-0.2, -0.15) is 0 Å². The Balaban J connectivity index is 0.000000125. The van der Waals surface area contributed by atoms with Crippen molar-refractivity contribution in [1.82, 2.24) is 10.2 Å². The van der Waals surface area contributed by atoms with Gasteiger partial charge in [0.2, 0.25) is 0 Å². The van der Waals surface area contributed by atoms with Gasteiger partial charge in [0, 0.05) is 12.1 Å². The van der Waals surface area contributed by atoms with E-state index in [1.165, 1.54) is 71.1 Å². The predicted molar refractivity (Wildman–Crippen MR) is 69.5 cm³/mol. The Hall–Kier alpha value is -0.0800. The molecule has 3 aliphatic rings. The minimum Gasteiger partial charge on any atom is -0.317 e. The lowest BCUT2D eigenvalue weighted by Crippen LogP contribution is -2.54. The van der Waals surface area contributed by atoms with E-state index in [-0.39, 0.29) is 0 Å². The Morgan fingerprint density at radius 1 is 1.12 bits per heavy atom. The van der Waals surface area contributed by atoms with E-state index in [1.54, 1.807) is 0 Å². The lowest BCUT2D eigenvalue weighted by atomic mass is 9.83. The molecule has 0 amide bonds. The maximum absolute atomic E-state index is 3.32. The molecule has 1 unspecified atom stereocenters. The molecule has 3 fully saturated rings. The molecule has 3 heterocycles. The number of fused-ring (bicyclic) bond motifs is 1. The molecule has 93 valence electrons. The summed E-state index contributed by atoms with van der Waals surface area (Å²) in [7, 11) is 0. The number of nitrogens with zero attached hydrogens (tertiary/aromatic N) is 1. The van der Waals surface area contributed by atoms with Crippen LogP contribution in [0.15, 0.2) is 0 Å². The summed E-state index contributed by atoms with van der Waals surface area (Å²) in [6.07, 6.45) is 12.1. The van der Waals surface area contributed by atoms with E-state index in [0.717, 1.165) is 0 Å². The van der Waals surface area contributed by atoms with Crippen molar-refractivity contribution >= 4 is 0 Å². The maximum Gasteiger partial charge on any atom is 0.0219 e. The van der Waals surface area contributed by atoms with Gasteiger partial charge in [-0.15, -0.1) is 0 Å². The second kappa shape index (κ2) is 6.02. The summed E-state index contributed by atoms with van der Waals surface area (Å²) in [6.45, 7) is 7.51. The molecular formula is C14H27N2. The fourth-order valence-corrected chi connectivity index (χ4v) is 3.24. The van der Waals surface area contributed by atoms with Gasteiger partial charge < -0.3 is 5.32 Å². The van der Waals surface area contributed by atoms with Crippen molar-refractivity contribution in [3.8, 4) is 0 Å². The molecule has 3 rings (SSSR count). The summed E-state index contributed by atoms with van der Waals surface area (Å²) in [5, 5.41) is 3.32. The van der Waals surface area contributed by atoms with Crippen LogP contribution in [0.1, 0.15) is 51.9 Å². The normalized spacial score (nSPS) is 34.3. The number of rotatable bonds is 1. The van der Waals surface area contributed by atoms with Gasteiger partial charge in [-0.25, -0.2) is 0 Å². The fraction of sp³-hybridized carbons (Fsp3) is 0.929. The second-order valence-electron chi connectivity index (χ2n) is 5.39. The van der Waals surface area contributed by atoms with Crippen molar-refractivity contribution in [2.24, 2.45) is 0 Å². The molecule has 0 aromatic heterocycles. The third-order valence-electron chi connectivity index (χ3n) is 4.53. The van der Waals surface area contributed by atoms with Gasteiger partial charge in [0.25, 0.3) is 0 Å². The van der Waals surface area contributed by atoms with Crippen LogP contribution in [0, 0.1) is 6.42 Å². The van der Waals surface area contributed by atoms with E-state index in [9.17, 15) is 0 Å². The summed E-state index contributed by atoms with van der Waals surface area (Å²) < 4.78 is 0. The Bertz CT molecular complexity index is 181. The second-order valence-corrected chi connectivity index (χ2v) is 5.39. The van der Waals surface area contributed by atoms with Gasteiger partial charge in [-0.1, -0.05) is 6.92 Å². The molecule has 2 heteroatoms. The molecule has 1 radical (unpaired) electrons. The van der Waals surface area contributed by atoms with Crippen LogP contribution >= 0.6 is 0 Å². The highest BCUT2D eigenvalue weighted by molar-refractivity contribution is 5.02. The van der Waals surface area contributed by atoms with Crippen LogP contribution in [0.5, 0.6) is 0 Å². The molecule has 0 aromatic rings. The van der Waals surface area contributed by atoms with Crippen LogP contribution in [-0.2, 0) is 0 Å². The summed E-state index contributed by atoms with van der Waals surface area (Å²) in [6, 6.07) is 0. The predicted octanol–water partition coefficient (Wildman–Crippen LogP) is 2.60. The molecule has 0 saturated carbocycles. The van der Waals surface area contributed by atoms with Gasteiger partial charge in [-0.05, 0) is 71.0 Å². The fourth-order valence-electron chi connectivity index (χ4n) is 3.24. The van der Waals surface area contributed by atoms with Crippen molar-refractivity contribution in [1.29, 1.82) is 0 Å². The van der Waals surface area contributed by atoms with Crippen LogP contribution in [-0.4, -0.2) is 36.6 Å². The van der Waals surface area contributed by atoms with E-state index < -0.39 is 0 Å². The average Bonchev–Trinajstić information content (AvgIpc) is 2.56. The first kappa shape index (κ1) is 12.4. The average molecular weight is 223 g/mol. The number of nitrogens with one attached hydrogen (secondary N) is 1. The van der Waals surface area contributed by atoms with Gasteiger partial charge in [0.05, 0.1) is 0 Å². The topological polar surface area (TPSA) is 15.3 Å². The van der Waals surface area contributed by atoms with Crippen LogP contribution in [0.3, 0.4) is 0 Å². The monoisotopic (exact) mass is 223 g/mol. The van der Waals surface area contributed by atoms with Crippen molar-refractivity contribution in [2.75, 3.05) is 26.2 Å². The minimum atomic E-state index is 0.708. The van der Waals surface area contributed by atoms with E-state index in [0.29, 0.717) is 5.54 Å². The van der Waals surface area contributed by atoms with Gasteiger partial charge in [0.15, 0.2) is 0 Å². The third kappa shape index (κ3) is 2.78. The van der Waals surface area contributed by atoms with Crippen molar-refractivity contribution in [2.45, 2.75) is 57.4 Å². The summed E-state index contributed by atoms with van der Waals surface area (Å²) >= 11 is 0. The number of hydrogen-bond donors (Lipinski definition) is 1. The lowest BCUT2D eigenvalue weighted by molar-refractivity contribution is 0.0245. The molecule has 0 aliphatic carbocycles. The minimum absolute atomic E-state index is 0.708. The highest BCUT2D eigenvalue weighted by Crippen LogP contribution is 2.42. The maximum atomic E-state index is 3.32. The van der Waals surface area contributed by atoms with Crippen molar-refractivity contribution < 1.29 is 0 Å². The standard InChI is InChI=1S/C8H15N.C6H12N/c1-2-8-4-3-6-9(8)7-5-8;1-2-4-6-7-5-3-1/h2-7H2,1H3;1,7H,2-6H2. The zero-order chi connectivity index (χ0) is 11.3. The zero-order valence-electron chi connectivity index (χ0n) is 10.8. The van der Waals surface area contributed by atoms with Gasteiger partial charge in [0.1, 0.15) is 0 Å². The highest BCUT2D eigenvalue weighted by Gasteiger charge is 2.45. The first-order valence-corrected chi connectivity index (χ1v) is 7.15. The van der Waals surface area contributed by atoms with Crippen molar-refractivity contribution in [3.63, 3.8) is 0 Å². The van der Waals surface area contributed by atoms with Crippen LogP contribution in [0.2, 0.25) is 0 Å². The summed E-state index contributed by atoms with van der Waals surface area (Å²) in [5.41, 5.74) is 0.708. The third-order valence-corrected chi connectivity index (χ3v) is 4.53. The van der Waals surface area contributed by atoms with Crippen LogP contribution in [0.25, 0.3) is 0 Å². The molecule has 3 aliphatic heterocycles. The summed E-state index contributed by atoms with van der Waals surface area (Å²) in [4.78, 5) is 2.66. The zero-order valence-corrected chi connectivity index (χ0v) is 10.8. The molecule has 1 N–H and O–H groups in total. The molecule has 0 bridgehead atoms. The van der Waals surface area contributed by atoms with E-state index in [1.807, 2.05) is 0 Å². The number of hydrogen-bond acceptors (Lipinski definition) is 2. The largest absolute Gasteiger partial charge is 0.317 e. The molecule has 2 nitrogen and oxygen atoms in total. The molecule has 1 atom stereocenters. The van der Waals surface area contributed by atoms with E-state index in [4.69, 9.17) is 0 Å². The van der Waals surface area contributed by atoms with Gasteiger partial charge >= 0.3 is 0 Å². The van der Waals surface area contributed by atoms with Crippen LogP contribution in [0.4, 0.5) is 0 Å². The SMILES string of the molecule is CCC12CCCN1CC2.[CH]1CCCNCC1. The first-order chi connectivity index (χ1) is 7.87. The van der Waals surface area contributed by atoms with E-state index in [2.05, 4.69) is 23.6 Å². The lowest BCUT2D eigenvalue weighted by Gasteiger charge is -2.48. The van der Waals surface area contributed by atoms with Crippen LogP contribution < -0.4 is 5.32 Å². The van der Waals surface area contributed by atoms with Crippen molar-refractivity contribution in [3.05, 3.63) is 6.42 Å². The Kier molecular flexibility index (Phi) is 4.66. The quantitative estimate of drug-likeness (QED) is 0.735. The molecule has 0 spiro atoms. The molecule has 3 saturated heterocycles. The van der Waals surface area contributed by atoms with E-state index >= 15 is 0 Å². The Morgan fingerprint density at radius 2 is 2.06 bits per heavy atom. The Labute approximate surface area is 101 Å². The highest BCUT2D eigenvalue weighted by atomic mass is 15.3. The molecule has 0 aromatic carbocycles. The smallest absolute Gasteiger partial charge is 0.0219 e. The molecular weight excluding hydrogens is 196 g/mol. The summed E-state index contributed by atoms with van der Waals surface area (Å²) in [5.74, 6) is 0. The Morgan fingerprint density at radius 3 is 2.69 bits per heavy atom.